The second-order valence-electron chi connectivity index (χ2n) is 13.4. The number of aliphatic hydroxyl groups is 2. The number of cyclic esters (lactones) is 1. The van der Waals surface area contributed by atoms with Gasteiger partial charge in [-0.15, -0.1) is 0 Å². The number of amides is 1. The smallest absolute Gasteiger partial charge is 0.331 e. The van der Waals surface area contributed by atoms with Crippen LogP contribution in [0.4, 0.5) is 0 Å². The van der Waals surface area contributed by atoms with Gasteiger partial charge in [0.15, 0.2) is 0 Å². The maximum absolute atomic E-state index is 12.7. The molecule has 6 rings (SSSR count). The maximum atomic E-state index is 12.7. The summed E-state index contributed by atoms with van der Waals surface area (Å²) >= 11 is 0. The van der Waals surface area contributed by atoms with Crippen molar-refractivity contribution in [2.75, 3.05) is 26.2 Å². The fourth-order valence-electron chi connectivity index (χ4n) is 9.94. The molecule has 3 N–H and O–H groups in total. The van der Waals surface area contributed by atoms with Crippen molar-refractivity contribution < 1.29 is 24.5 Å². The Morgan fingerprint density at radius 3 is 2.61 bits per heavy atom. The van der Waals surface area contributed by atoms with Crippen LogP contribution in [0.1, 0.15) is 78.1 Å². The van der Waals surface area contributed by atoms with Gasteiger partial charge in [0, 0.05) is 17.5 Å². The molecule has 0 radical (unpaired) electrons. The summed E-state index contributed by atoms with van der Waals surface area (Å²) in [7, 11) is 0. The molecule has 2 heterocycles. The quantitative estimate of drug-likeness (QED) is 0.514. The van der Waals surface area contributed by atoms with E-state index in [9.17, 15) is 19.8 Å². The minimum Gasteiger partial charge on any atom is -0.458 e. The number of nitrogens with one attached hydrogen (secondary N) is 1. The van der Waals surface area contributed by atoms with Crippen molar-refractivity contribution in [3.05, 3.63) is 11.6 Å². The number of nitrogens with zero attached hydrogens (tertiary/aromatic N) is 1. The molecule has 36 heavy (non-hydrogen) atoms. The number of likely N-dealkylation sites (tertiary alicyclic amines) is 1. The zero-order chi connectivity index (χ0) is 25.3. The molecule has 5 fully saturated rings. The molecular formula is C29H44N2O5. The highest BCUT2D eigenvalue weighted by molar-refractivity contribution is 5.85. The Bertz CT molecular complexity index is 946. The molecule has 1 saturated heterocycles. The molecular weight excluding hydrogens is 456 g/mol. The van der Waals surface area contributed by atoms with Crippen molar-refractivity contribution in [1.82, 2.24) is 10.2 Å². The van der Waals surface area contributed by atoms with Gasteiger partial charge in [-0.05, 0) is 112 Å². The van der Waals surface area contributed by atoms with Gasteiger partial charge >= 0.3 is 5.97 Å². The predicted octanol–water partition coefficient (Wildman–Crippen LogP) is 2.79. The fourth-order valence-corrected chi connectivity index (χ4v) is 9.94. The fraction of sp³-hybridized carbons (Fsp3) is 0.862. The van der Waals surface area contributed by atoms with Crippen molar-refractivity contribution in [3.63, 3.8) is 0 Å². The standard InChI is InChI=1S/C29H44N2O5/c1-27-9-7-20(30-25(33)16-31-11-3-4-12-31)14-19(27)5-6-22-23(27)15-24(32)28(2)21(8-10-29(22,28)35)18-13-26(34)36-17-18/h13,19-24,32,35H,3-12,14-17H2,1-2H3,(H,30,33)/t19-,20+,21-,22-,23+,24-,27+,28+,29+/m1/s1. The highest BCUT2D eigenvalue weighted by Gasteiger charge is 2.70. The summed E-state index contributed by atoms with van der Waals surface area (Å²) in [6.45, 7) is 7.35. The van der Waals surface area contributed by atoms with Gasteiger partial charge in [0.2, 0.25) is 5.91 Å². The molecule has 7 nitrogen and oxygen atoms in total. The first-order valence-corrected chi connectivity index (χ1v) is 14.4. The summed E-state index contributed by atoms with van der Waals surface area (Å²) in [5, 5.41) is 27.4. The zero-order valence-electron chi connectivity index (χ0n) is 22.0. The maximum Gasteiger partial charge on any atom is 0.331 e. The molecule has 6 aliphatic rings. The van der Waals surface area contributed by atoms with Gasteiger partial charge in [0.1, 0.15) is 6.61 Å². The van der Waals surface area contributed by atoms with Gasteiger partial charge in [-0.25, -0.2) is 4.79 Å². The summed E-state index contributed by atoms with van der Waals surface area (Å²) < 4.78 is 5.21. The van der Waals surface area contributed by atoms with Crippen molar-refractivity contribution >= 4 is 11.9 Å². The lowest BCUT2D eigenvalue weighted by Gasteiger charge is -2.65. The lowest BCUT2D eigenvalue weighted by molar-refractivity contribution is -0.243. The van der Waals surface area contributed by atoms with Crippen molar-refractivity contribution in [2.45, 2.75) is 95.8 Å². The van der Waals surface area contributed by atoms with Gasteiger partial charge in [-0.3, -0.25) is 9.69 Å². The average Bonchev–Trinajstić information content (AvgIpc) is 3.56. The Balaban J connectivity index is 1.17. The lowest BCUT2D eigenvalue weighted by atomic mass is 9.42. The number of carbonyl (C=O) groups is 2. The van der Waals surface area contributed by atoms with Crippen LogP contribution in [0.5, 0.6) is 0 Å². The topological polar surface area (TPSA) is 99.1 Å². The Morgan fingerprint density at radius 1 is 1.11 bits per heavy atom. The monoisotopic (exact) mass is 500 g/mol. The predicted molar refractivity (Wildman–Crippen MR) is 135 cm³/mol. The first-order valence-electron chi connectivity index (χ1n) is 14.4. The number of carbonyl (C=O) groups excluding carboxylic acids is 2. The van der Waals surface area contributed by atoms with E-state index in [4.69, 9.17) is 4.74 Å². The van der Waals surface area contributed by atoms with Gasteiger partial charge in [-0.1, -0.05) is 13.8 Å². The molecule has 1 amide bonds. The van der Waals surface area contributed by atoms with E-state index in [0.29, 0.717) is 31.9 Å². The van der Waals surface area contributed by atoms with Gasteiger partial charge in [0.05, 0.1) is 18.2 Å². The minimum absolute atomic E-state index is 0.0167. The third kappa shape index (κ3) is 3.63. The summed E-state index contributed by atoms with van der Waals surface area (Å²) in [5.41, 5.74) is -0.568. The summed E-state index contributed by atoms with van der Waals surface area (Å²) in [6.07, 6.45) is 10.6. The minimum atomic E-state index is -0.929. The number of aliphatic hydroxyl groups excluding tert-OH is 1. The Kier molecular flexibility index (Phi) is 6.08. The molecule has 2 aliphatic heterocycles. The number of ether oxygens (including phenoxy) is 1. The van der Waals surface area contributed by atoms with E-state index in [-0.39, 0.29) is 41.1 Å². The SMILES string of the molecule is C[C@]12CC[C@H](NC(=O)CN3CCCC3)C[C@H]1CC[C@@H]1[C@@H]2C[C@@H](O)[C@]2(C)[C@@H](C3=CC(=O)OC3)CC[C@]12O. The van der Waals surface area contributed by atoms with Crippen LogP contribution in [0, 0.1) is 34.5 Å². The number of rotatable bonds is 4. The highest BCUT2D eigenvalue weighted by Crippen LogP contribution is 2.69. The second-order valence-corrected chi connectivity index (χ2v) is 13.4. The van der Waals surface area contributed by atoms with E-state index in [2.05, 4.69) is 24.1 Å². The van der Waals surface area contributed by atoms with Crippen LogP contribution in [0.2, 0.25) is 0 Å². The summed E-state index contributed by atoms with van der Waals surface area (Å²) in [5.74, 6) is 0.793. The first kappa shape index (κ1) is 24.9. The largest absolute Gasteiger partial charge is 0.458 e. The highest BCUT2D eigenvalue weighted by atomic mass is 16.5. The molecule has 0 unspecified atom stereocenters. The van der Waals surface area contributed by atoms with E-state index in [1.54, 1.807) is 6.08 Å². The normalized spacial score (nSPS) is 48.6. The average molecular weight is 501 g/mol. The van der Waals surface area contributed by atoms with E-state index in [0.717, 1.165) is 57.2 Å². The van der Waals surface area contributed by atoms with E-state index < -0.39 is 17.1 Å². The van der Waals surface area contributed by atoms with E-state index in [1.807, 2.05) is 0 Å². The van der Waals surface area contributed by atoms with Crippen molar-refractivity contribution in [1.29, 1.82) is 0 Å². The zero-order valence-corrected chi connectivity index (χ0v) is 22.0. The van der Waals surface area contributed by atoms with Crippen LogP contribution in [0.3, 0.4) is 0 Å². The lowest BCUT2D eigenvalue weighted by Crippen LogP contribution is -2.67. The van der Waals surface area contributed by atoms with Crippen LogP contribution in [-0.2, 0) is 14.3 Å². The van der Waals surface area contributed by atoms with Crippen LogP contribution in [0.25, 0.3) is 0 Å². The van der Waals surface area contributed by atoms with Crippen LogP contribution >= 0.6 is 0 Å². The Hall–Kier alpha value is -1.44. The molecule has 0 aromatic rings. The molecule has 0 aromatic heterocycles. The van der Waals surface area contributed by atoms with Crippen molar-refractivity contribution in [2.24, 2.45) is 34.5 Å². The van der Waals surface area contributed by atoms with Crippen LogP contribution in [-0.4, -0.2) is 71.0 Å². The molecule has 7 heteroatoms. The number of hydrogen-bond donors (Lipinski definition) is 3. The van der Waals surface area contributed by atoms with Gasteiger partial charge in [0.25, 0.3) is 0 Å². The first-order chi connectivity index (χ1) is 17.1. The van der Waals surface area contributed by atoms with E-state index >= 15 is 0 Å². The Morgan fingerprint density at radius 2 is 1.89 bits per heavy atom. The number of esters is 1. The van der Waals surface area contributed by atoms with Crippen molar-refractivity contribution in [3.8, 4) is 0 Å². The molecule has 200 valence electrons. The third-order valence-corrected chi connectivity index (χ3v) is 12.0. The molecule has 9 atom stereocenters. The third-order valence-electron chi connectivity index (χ3n) is 12.0. The number of hydrogen-bond acceptors (Lipinski definition) is 6. The molecule has 0 bridgehead atoms. The molecule has 0 spiro atoms. The molecule has 4 aliphatic carbocycles. The molecule has 0 aromatic carbocycles. The van der Waals surface area contributed by atoms with Crippen LogP contribution in [0.15, 0.2) is 11.6 Å². The Labute approximate surface area is 215 Å². The van der Waals surface area contributed by atoms with Gasteiger partial charge < -0.3 is 20.3 Å². The summed E-state index contributed by atoms with van der Waals surface area (Å²) in [6, 6.07) is 0.235. The van der Waals surface area contributed by atoms with Gasteiger partial charge in [-0.2, -0.15) is 0 Å². The van der Waals surface area contributed by atoms with Crippen LogP contribution < -0.4 is 5.32 Å². The summed E-state index contributed by atoms with van der Waals surface area (Å²) in [4.78, 5) is 26.7. The van der Waals surface area contributed by atoms with E-state index in [1.165, 1.54) is 12.8 Å². The number of fused-ring (bicyclic) bond motifs is 5. The molecule has 4 saturated carbocycles. The second kappa shape index (κ2) is 8.81.